The average molecular weight is 392 g/mol. The van der Waals surface area contributed by atoms with Crippen molar-refractivity contribution in [3.05, 3.63) is 35.2 Å². The lowest BCUT2D eigenvalue weighted by atomic mass is 10.1. The molecular formula is C16H18ClN7OS. The molecule has 4 rings (SSSR count). The number of rotatable bonds is 6. The highest BCUT2D eigenvalue weighted by molar-refractivity contribution is 7.98. The van der Waals surface area contributed by atoms with Crippen molar-refractivity contribution in [1.29, 1.82) is 0 Å². The van der Waals surface area contributed by atoms with E-state index in [1.807, 2.05) is 16.8 Å². The zero-order chi connectivity index (χ0) is 17.9. The molecule has 0 radical (unpaired) electrons. The minimum atomic E-state index is 0.519. The highest BCUT2D eigenvalue weighted by Gasteiger charge is 2.22. The van der Waals surface area contributed by atoms with Gasteiger partial charge in [0.25, 0.3) is 0 Å². The van der Waals surface area contributed by atoms with Crippen molar-refractivity contribution in [1.82, 2.24) is 35.2 Å². The van der Waals surface area contributed by atoms with Crippen LogP contribution in [-0.2, 0) is 12.3 Å². The van der Waals surface area contributed by atoms with Crippen molar-refractivity contribution in [3.8, 4) is 11.4 Å². The summed E-state index contributed by atoms with van der Waals surface area (Å²) in [4.78, 5) is 6.76. The number of thioether (sulfide) groups is 1. The third kappa shape index (κ3) is 4.05. The summed E-state index contributed by atoms with van der Waals surface area (Å²) in [5.74, 6) is 2.19. The van der Waals surface area contributed by atoms with E-state index in [2.05, 4.69) is 37.6 Å². The Kier molecular flexibility index (Phi) is 5.18. The van der Waals surface area contributed by atoms with Crippen molar-refractivity contribution in [2.24, 2.45) is 5.92 Å². The third-order valence-electron chi connectivity index (χ3n) is 4.31. The first-order valence-corrected chi connectivity index (χ1v) is 9.70. The molecule has 1 fully saturated rings. The van der Waals surface area contributed by atoms with Crippen molar-refractivity contribution in [2.75, 3.05) is 20.1 Å². The molecule has 1 unspecified atom stereocenters. The fraction of sp³-hybridized carbons (Fsp3) is 0.438. The molecule has 26 heavy (non-hydrogen) atoms. The molecule has 1 saturated heterocycles. The highest BCUT2D eigenvalue weighted by atomic mass is 35.5. The van der Waals surface area contributed by atoms with Gasteiger partial charge in [-0.05, 0) is 60.6 Å². The van der Waals surface area contributed by atoms with Gasteiger partial charge in [-0.3, -0.25) is 0 Å². The van der Waals surface area contributed by atoms with Gasteiger partial charge in [-0.15, -0.1) is 5.10 Å². The van der Waals surface area contributed by atoms with Gasteiger partial charge in [0.05, 0.1) is 5.75 Å². The second-order valence-electron chi connectivity index (χ2n) is 6.37. The molecule has 2 aromatic heterocycles. The Morgan fingerprint density at radius 3 is 2.92 bits per heavy atom. The average Bonchev–Trinajstić information content (AvgIpc) is 3.36. The molecular weight excluding hydrogens is 374 g/mol. The fourth-order valence-electron chi connectivity index (χ4n) is 2.99. The van der Waals surface area contributed by atoms with Crippen molar-refractivity contribution in [3.63, 3.8) is 0 Å². The summed E-state index contributed by atoms with van der Waals surface area (Å²) < 4.78 is 7.20. The van der Waals surface area contributed by atoms with Gasteiger partial charge < -0.3 is 9.42 Å². The van der Waals surface area contributed by atoms with Gasteiger partial charge in [0.15, 0.2) is 0 Å². The zero-order valence-corrected chi connectivity index (χ0v) is 15.8. The van der Waals surface area contributed by atoms with Crippen LogP contribution >= 0.6 is 23.4 Å². The van der Waals surface area contributed by atoms with Gasteiger partial charge in [0.1, 0.15) is 0 Å². The summed E-state index contributed by atoms with van der Waals surface area (Å²) in [5.41, 5.74) is 0.865. The van der Waals surface area contributed by atoms with E-state index < -0.39 is 0 Å². The summed E-state index contributed by atoms with van der Waals surface area (Å²) >= 11 is 7.40. The zero-order valence-electron chi connectivity index (χ0n) is 14.2. The van der Waals surface area contributed by atoms with Gasteiger partial charge in [0.2, 0.25) is 16.9 Å². The van der Waals surface area contributed by atoms with Crippen LogP contribution in [0.15, 0.2) is 33.9 Å². The van der Waals surface area contributed by atoms with E-state index in [1.165, 1.54) is 18.2 Å². The first kappa shape index (κ1) is 17.4. The molecule has 0 spiro atoms. The monoisotopic (exact) mass is 391 g/mol. The third-order valence-corrected chi connectivity index (χ3v) is 5.51. The Labute approximate surface area is 159 Å². The molecule has 10 heteroatoms. The second-order valence-corrected chi connectivity index (χ2v) is 7.75. The lowest BCUT2D eigenvalue weighted by molar-refractivity contribution is 0.359. The Bertz CT molecular complexity index is 866. The van der Waals surface area contributed by atoms with Gasteiger partial charge in [-0.2, -0.15) is 4.98 Å². The van der Waals surface area contributed by atoms with E-state index in [0.717, 1.165) is 30.4 Å². The molecule has 0 saturated carbocycles. The molecule has 0 aliphatic carbocycles. The van der Waals surface area contributed by atoms with Crippen LogP contribution in [0.1, 0.15) is 12.3 Å². The largest absolute Gasteiger partial charge is 0.338 e. The predicted octanol–water partition coefficient (Wildman–Crippen LogP) is 2.62. The summed E-state index contributed by atoms with van der Waals surface area (Å²) in [6.45, 7) is 3.04. The Morgan fingerprint density at radius 1 is 1.31 bits per heavy atom. The first-order valence-electron chi connectivity index (χ1n) is 8.33. The Hall–Kier alpha value is -1.97. The summed E-state index contributed by atoms with van der Waals surface area (Å²) in [6.07, 6.45) is 1.18. The molecule has 0 amide bonds. The number of likely N-dealkylation sites (tertiary alicyclic amines) is 1. The summed E-state index contributed by atoms with van der Waals surface area (Å²) in [6, 6.07) is 7.33. The molecule has 3 heterocycles. The van der Waals surface area contributed by atoms with E-state index >= 15 is 0 Å². The van der Waals surface area contributed by atoms with Gasteiger partial charge >= 0.3 is 0 Å². The van der Waals surface area contributed by atoms with Crippen molar-refractivity contribution in [2.45, 2.75) is 23.9 Å². The smallest absolute Gasteiger partial charge is 0.237 e. The minimum absolute atomic E-state index is 0.519. The Balaban J connectivity index is 1.38. The molecule has 1 aromatic carbocycles. The van der Waals surface area contributed by atoms with Gasteiger partial charge in [0, 0.05) is 23.7 Å². The van der Waals surface area contributed by atoms with Gasteiger partial charge in [-0.1, -0.05) is 28.5 Å². The van der Waals surface area contributed by atoms with E-state index in [0.29, 0.717) is 28.4 Å². The standard InChI is InChI=1S/C16H18ClN7OS/c1-23-7-6-11(8-23)9-24-16(19-21-22-24)26-10-14-18-15(20-25-14)12-2-4-13(17)5-3-12/h2-5,11H,6-10H2,1H3. The topological polar surface area (TPSA) is 85.8 Å². The lowest BCUT2D eigenvalue weighted by Crippen LogP contribution is -2.18. The van der Waals surface area contributed by atoms with Crippen LogP contribution in [0.5, 0.6) is 0 Å². The molecule has 1 aliphatic heterocycles. The van der Waals surface area contributed by atoms with Crippen LogP contribution in [-0.4, -0.2) is 55.4 Å². The maximum absolute atomic E-state index is 5.90. The summed E-state index contributed by atoms with van der Waals surface area (Å²) in [7, 11) is 2.14. The SMILES string of the molecule is CN1CCC(Cn2nnnc2SCc2nc(-c3ccc(Cl)cc3)no2)C1. The second kappa shape index (κ2) is 7.73. The number of halogens is 1. The molecule has 0 N–H and O–H groups in total. The normalized spacial score (nSPS) is 17.8. The summed E-state index contributed by atoms with van der Waals surface area (Å²) in [5, 5.41) is 17.5. The first-order chi connectivity index (χ1) is 12.7. The Morgan fingerprint density at radius 2 is 2.15 bits per heavy atom. The van der Waals surface area contributed by atoms with Crippen LogP contribution in [0, 0.1) is 5.92 Å². The van der Waals surface area contributed by atoms with E-state index in [9.17, 15) is 0 Å². The molecule has 0 bridgehead atoms. The fourth-order valence-corrected chi connectivity index (χ4v) is 3.84. The van der Waals surface area contributed by atoms with E-state index in [4.69, 9.17) is 16.1 Å². The van der Waals surface area contributed by atoms with Gasteiger partial charge in [-0.25, -0.2) is 4.68 Å². The van der Waals surface area contributed by atoms with Crippen molar-refractivity contribution >= 4 is 23.4 Å². The van der Waals surface area contributed by atoms with Crippen LogP contribution in [0.2, 0.25) is 5.02 Å². The molecule has 1 aliphatic rings. The van der Waals surface area contributed by atoms with Crippen LogP contribution < -0.4 is 0 Å². The van der Waals surface area contributed by atoms with Crippen molar-refractivity contribution < 1.29 is 4.52 Å². The van der Waals surface area contributed by atoms with Crippen LogP contribution in [0.25, 0.3) is 11.4 Å². The van der Waals surface area contributed by atoms with Crippen LogP contribution in [0.4, 0.5) is 0 Å². The number of benzene rings is 1. The molecule has 8 nitrogen and oxygen atoms in total. The number of hydrogen-bond donors (Lipinski definition) is 0. The number of hydrogen-bond acceptors (Lipinski definition) is 8. The van der Waals surface area contributed by atoms with Crippen LogP contribution in [0.3, 0.4) is 0 Å². The molecule has 3 aromatic rings. The predicted molar refractivity (Wildman–Crippen MR) is 97.7 cm³/mol. The number of aromatic nitrogens is 6. The number of nitrogens with zero attached hydrogens (tertiary/aromatic N) is 7. The quantitative estimate of drug-likeness (QED) is 0.593. The maximum atomic E-state index is 5.90. The lowest BCUT2D eigenvalue weighted by Gasteiger charge is -2.10. The number of tetrazole rings is 1. The van der Waals surface area contributed by atoms with E-state index in [-0.39, 0.29) is 0 Å². The minimum Gasteiger partial charge on any atom is -0.338 e. The molecule has 1 atom stereocenters. The highest BCUT2D eigenvalue weighted by Crippen LogP contribution is 2.24. The van der Waals surface area contributed by atoms with E-state index in [1.54, 1.807) is 12.1 Å². The molecule has 136 valence electrons. The maximum Gasteiger partial charge on any atom is 0.237 e.